The number of para-hydroxylation sites is 1. The molecule has 8 nitrogen and oxygen atoms in total. The molecular formula is C13H15N3O5S. The first-order valence-electron chi connectivity index (χ1n) is 6.35. The van der Waals surface area contributed by atoms with Crippen LogP contribution in [0.2, 0.25) is 0 Å². The lowest BCUT2D eigenvalue weighted by molar-refractivity contribution is -0.118. The summed E-state index contributed by atoms with van der Waals surface area (Å²) < 4.78 is 32.0. The van der Waals surface area contributed by atoms with Crippen LogP contribution in [0.3, 0.4) is 0 Å². The SMILES string of the molecule is COc1ccccc1CNS(=O)(=O)C1C(=O)NC(=O)N=C1C. The van der Waals surface area contributed by atoms with Crippen LogP contribution in [-0.4, -0.2) is 38.4 Å². The maximum Gasteiger partial charge on any atom is 0.347 e. The highest BCUT2D eigenvalue weighted by atomic mass is 32.2. The van der Waals surface area contributed by atoms with Gasteiger partial charge in [-0.1, -0.05) is 18.2 Å². The predicted octanol–water partition coefficient (Wildman–Crippen LogP) is 0.194. The molecule has 0 saturated carbocycles. The van der Waals surface area contributed by atoms with Crippen molar-refractivity contribution in [2.24, 2.45) is 4.99 Å². The molecule has 2 rings (SSSR count). The molecule has 1 aliphatic rings. The maximum atomic E-state index is 12.3. The largest absolute Gasteiger partial charge is 0.496 e. The zero-order chi connectivity index (χ0) is 16.3. The van der Waals surface area contributed by atoms with Gasteiger partial charge in [0.2, 0.25) is 10.0 Å². The van der Waals surface area contributed by atoms with Gasteiger partial charge in [-0.3, -0.25) is 10.1 Å². The molecule has 0 radical (unpaired) electrons. The number of carbonyl (C=O) groups excluding carboxylic acids is 2. The fourth-order valence-corrected chi connectivity index (χ4v) is 3.45. The summed E-state index contributed by atoms with van der Waals surface area (Å²) in [6.45, 7) is 1.28. The monoisotopic (exact) mass is 325 g/mol. The molecular weight excluding hydrogens is 310 g/mol. The molecule has 118 valence electrons. The fraction of sp³-hybridized carbons (Fsp3) is 0.308. The summed E-state index contributed by atoms with van der Waals surface area (Å²) in [5.74, 6) is -0.385. The molecule has 0 spiro atoms. The van der Waals surface area contributed by atoms with Crippen LogP contribution in [0.15, 0.2) is 29.3 Å². The van der Waals surface area contributed by atoms with Crippen molar-refractivity contribution in [1.29, 1.82) is 0 Å². The first kappa shape index (κ1) is 16.1. The Kier molecular flexibility index (Phi) is 4.57. The summed E-state index contributed by atoms with van der Waals surface area (Å²) in [7, 11) is -2.55. The molecule has 0 aromatic heterocycles. The number of aliphatic imine (C=N–C) groups is 1. The summed E-state index contributed by atoms with van der Waals surface area (Å²) in [5.41, 5.74) is 0.553. The van der Waals surface area contributed by atoms with E-state index in [1.54, 1.807) is 24.3 Å². The van der Waals surface area contributed by atoms with Crippen molar-refractivity contribution in [2.45, 2.75) is 18.7 Å². The van der Waals surface area contributed by atoms with Gasteiger partial charge in [-0.2, -0.15) is 0 Å². The normalized spacial score (nSPS) is 18.6. The summed E-state index contributed by atoms with van der Waals surface area (Å²) in [6.07, 6.45) is 0. The molecule has 1 aromatic rings. The maximum absolute atomic E-state index is 12.3. The van der Waals surface area contributed by atoms with Gasteiger partial charge in [0.1, 0.15) is 5.75 Å². The van der Waals surface area contributed by atoms with Crippen LogP contribution < -0.4 is 14.8 Å². The number of hydrogen-bond acceptors (Lipinski definition) is 5. The van der Waals surface area contributed by atoms with Crippen LogP contribution in [0.5, 0.6) is 5.75 Å². The van der Waals surface area contributed by atoms with Crippen LogP contribution in [0.25, 0.3) is 0 Å². The molecule has 0 saturated heterocycles. The molecule has 22 heavy (non-hydrogen) atoms. The van der Waals surface area contributed by atoms with Crippen LogP contribution in [0.1, 0.15) is 12.5 Å². The van der Waals surface area contributed by atoms with Gasteiger partial charge >= 0.3 is 6.03 Å². The van der Waals surface area contributed by atoms with Crippen molar-refractivity contribution in [1.82, 2.24) is 10.0 Å². The molecule has 1 unspecified atom stereocenters. The Morgan fingerprint density at radius 3 is 2.64 bits per heavy atom. The van der Waals surface area contributed by atoms with Crippen molar-refractivity contribution in [2.75, 3.05) is 7.11 Å². The Labute approximate surface area is 127 Å². The van der Waals surface area contributed by atoms with Crippen molar-refractivity contribution in [3.8, 4) is 5.75 Å². The van der Waals surface area contributed by atoms with Crippen LogP contribution in [0.4, 0.5) is 4.79 Å². The van der Waals surface area contributed by atoms with E-state index in [0.717, 1.165) is 0 Å². The van der Waals surface area contributed by atoms with Crippen LogP contribution >= 0.6 is 0 Å². The lowest BCUT2D eigenvalue weighted by Gasteiger charge is -2.20. The number of imide groups is 1. The van der Waals surface area contributed by atoms with Gasteiger partial charge in [-0.25, -0.2) is 22.9 Å². The molecule has 1 heterocycles. The van der Waals surface area contributed by atoms with Gasteiger partial charge in [-0.15, -0.1) is 0 Å². The van der Waals surface area contributed by atoms with Gasteiger partial charge in [0.15, 0.2) is 5.25 Å². The minimum Gasteiger partial charge on any atom is -0.496 e. The number of benzene rings is 1. The second-order valence-corrected chi connectivity index (χ2v) is 6.46. The molecule has 1 aliphatic heterocycles. The smallest absolute Gasteiger partial charge is 0.347 e. The number of carbonyl (C=O) groups is 2. The number of urea groups is 1. The second kappa shape index (κ2) is 6.24. The lowest BCUT2D eigenvalue weighted by Crippen LogP contribution is -2.53. The summed E-state index contributed by atoms with van der Waals surface area (Å²) in [4.78, 5) is 26.3. The summed E-state index contributed by atoms with van der Waals surface area (Å²) in [5, 5.41) is 0.350. The number of methoxy groups -OCH3 is 1. The van der Waals surface area contributed by atoms with Gasteiger partial charge in [-0.05, 0) is 13.0 Å². The van der Waals surface area contributed by atoms with Crippen molar-refractivity contribution in [3.63, 3.8) is 0 Å². The number of amides is 3. The molecule has 2 N–H and O–H groups in total. The third-order valence-corrected chi connectivity index (χ3v) is 4.81. The zero-order valence-electron chi connectivity index (χ0n) is 12.0. The predicted molar refractivity (Wildman–Crippen MR) is 79.2 cm³/mol. The van der Waals surface area contributed by atoms with Crippen molar-refractivity contribution in [3.05, 3.63) is 29.8 Å². The number of nitrogens with zero attached hydrogens (tertiary/aromatic N) is 1. The number of hydrogen-bond donors (Lipinski definition) is 2. The van der Waals surface area contributed by atoms with E-state index in [2.05, 4.69) is 9.71 Å². The molecule has 1 atom stereocenters. The van der Waals surface area contributed by atoms with E-state index in [4.69, 9.17) is 4.74 Å². The van der Waals surface area contributed by atoms with E-state index in [-0.39, 0.29) is 12.3 Å². The highest BCUT2D eigenvalue weighted by Gasteiger charge is 2.39. The highest BCUT2D eigenvalue weighted by molar-refractivity contribution is 7.91. The van der Waals surface area contributed by atoms with E-state index in [0.29, 0.717) is 11.3 Å². The Hall–Kier alpha value is -2.26. The van der Waals surface area contributed by atoms with E-state index >= 15 is 0 Å². The molecule has 3 amide bonds. The van der Waals surface area contributed by atoms with E-state index in [1.165, 1.54) is 14.0 Å². The van der Waals surface area contributed by atoms with E-state index < -0.39 is 27.2 Å². The third-order valence-electron chi connectivity index (χ3n) is 3.09. The van der Waals surface area contributed by atoms with Crippen LogP contribution in [-0.2, 0) is 21.4 Å². The Balaban J connectivity index is 2.20. The molecule has 0 aliphatic carbocycles. The van der Waals surface area contributed by atoms with E-state index in [9.17, 15) is 18.0 Å². The topological polar surface area (TPSA) is 114 Å². The average Bonchev–Trinajstić information content (AvgIpc) is 2.44. The summed E-state index contributed by atoms with van der Waals surface area (Å²) >= 11 is 0. The number of ether oxygens (including phenoxy) is 1. The molecule has 1 aromatic carbocycles. The first-order valence-corrected chi connectivity index (χ1v) is 7.90. The quantitative estimate of drug-likeness (QED) is 0.802. The summed E-state index contributed by atoms with van der Waals surface area (Å²) in [6, 6.07) is 6.03. The minimum absolute atomic E-state index is 0.0443. The molecule has 0 bridgehead atoms. The van der Waals surface area contributed by atoms with Crippen molar-refractivity contribution < 1.29 is 22.7 Å². The minimum atomic E-state index is -4.03. The second-order valence-electron chi connectivity index (χ2n) is 4.61. The lowest BCUT2D eigenvalue weighted by atomic mass is 10.2. The van der Waals surface area contributed by atoms with Gasteiger partial charge < -0.3 is 4.74 Å². The molecule has 9 heteroatoms. The van der Waals surface area contributed by atoms with Gasteiger partial charge in [0.05, 0.1) is 7.11 Å². The van der Waals surface area contributed by atoms with Crippen molar-refractivity contribution >= 4 is 27.7 Å². The Morgan fingerprint density at radius 2 is 2.00 bits per heavy atom. The first-order chi connectivity index (χ1) is 10.3. The average molecular weight is 325 g/mol. The Bertz CT molecular complexity index is 742. The Morgan fingerprint density at radius 1 is 1.32 bits per heavy atom. The highest BCUT2D eigenvalue weighted by Crippen LogP contribution is 2.18. The molecule has 0 fully saturated rings. The number of sulfonamides is 1. The third kappa shape index (κ3) is 3.31. The van der Waals surface area contributed by atoms with E-state index in [1.807, 2.05) is 5.32 Å². The zero-order valence-corrected chi connectivity index (χ0v) is 12.8. The van der Waals surface area contributed by atoms with Crippen LogP contribution in [0, 0.1) is 0 Å². The number of rotatable bonds is 5. The number of nitrogens with one attached hydrogen (secondary N) is 2. The standard InChI is InChI=1S/C13H15N3O5S/c1-8-11(12(17)16-13(18)15-8)22(19,20)14-7-9-5-3-4-6-10(9)21-2/h3-6,11,14H,7H2,1-2H3,(H,16,17,18). The fourth-order valence-electron chi connectivity index (χ4n) is 2.08. The van der Waals surface area contributed by atoms with Gasteiger partial charge in [0.25, 0.3) is 5.91 Å². The van der Waals surface area contributed by atoms with Gasteiger partial charge in [0, 0.05) is 17.8 Å².